The molecule has 3 rings (SSSR count). The van der Waals surface area contributed by atoms with E-state index in [0.29, 0.717) is 5.92 Å². The molecule has 17 heavy (non-hydrogen) atoms. The van der Waals surface area contributed by atoms with Gasteiger partial charge in [0.1, 0.15) is 11.4 Å². The molecule has 0 aromatic heterocycles. The van der Waals surface area contributed by atoms with E-state index in [1.807, 2.05) is 0 Å². The van der Waals surface area contributed by atoms with Gasteiger partial charge in [0.15, 0.2) is 0 Å². The molecule has 0 bridgehead atoms. The molecule has 0 N–H and O–H groups in total. The molecule has 0 spiro atoms. The molecular formula is C14H25NO2. The Kier molecular flexibility index (Phi) is 2.43. The summed E-state index contributed by atoms with van der Waals surface area (Å²) in [6.07, 6.45) is 4.41. The predicted molar refractivity (Wildman–Crippen MR) is 66.6 cm³/mol. The molecule has 3 aliphatic rings. The third-order valence-electron chi connectivity index (χ3n) is 5.53. The van der Waals surface area contributed by atoms with E-state index < -0.39 is 0 Å². The van der Waals surface area contributed by atoms with Gasteiger partial charge in [-0.15, -0.1) is 0 Å². The van der Waals surface area contributed by atoms with Crippen LogP contribution in [0.1, 0.15) is 53.4 Å². The highest BCUT2D eigenvalue weighted by Crippen LogP contribution is 2.59. The van der Waals surface area contributed by atoms with Crippen LogP contribution < -0.4 is 0 Å². The second-order valence-corrected chi connectivity index (χ2v) is 6.27. The van der Waals surface area contributed by atoms with Gasteiger partial charge in [-0.05, 0) is 31.6 Å². The second-order valence-electron chi connectivity index (χ2n) is 6.27. The van der Waals surface area contributed by atoms with Crippen molar-refractivity contribution in [2.75, 3.05) is 13.2 Å². The van der Waals surface area contributed by atoms with Gasteiger partial charge in [0.2, 0.25) is 0 Å². The fraction of sp³-hybridized carbons (Fsp3) is 1.00. The Hall–Kier alpha value is -0.120. The van der Waals surface area contributed by atoms with Gasteiger partial charge in [-0.25, -0.2) is 4.90 Å². The maximum atomic E-state index is 6.29. The van der Waals surface area contributed by atoms with E-state index in [0.717, 1.165) is 38.9 Å². The Bertz CT molecular complexity index is 306. The highest BCUT2D eigenvalue weighted by molar-refractivity contribution is 5.16. The van der Waals surface area contributed by atoms with E-state index in [2.05, 4.69) is 32.6 Å². The molecular weight excluding hydrogens is 214 g/mol. The lowest BCUT2D eigenvalue weighted by Crippen LogP contribution is -2.57. The topological polar surface area (TPSA) is 21.7 Å². The third kappa shape index (κ3) is 1.18. The van der Waals surface area contributed by atoms with Crippen LogP contribution in [0.3, 0.4) is 0 Å². The van der Waals surface area contributed by atoms with Crippen LogP contribution in [-0.2, 0) is 9.47 Å². The lowest BCUT2D eigenvalue weighted by atomic mass is 9.86. The van der Waals surface area contributed by atoms with E-state index in [9.17, 15) is 0 Å². The zero-order valence-corrected chi connectivity index (χ0v) is 11.6. The van der Waals surface area contributed by atoms with Crippen molar-refractivity contribution >= 4 is 0 Å². The Labute approximate surface area is 104 Å². The fourth-order valence-electron chi connectivity index (χ4n) is 4.23. The highest BCUT2D eigenvalue weighted by Gasteiger charge is 2.71. The first-order chi connectivity index (χ1) is 8.05. The van der Waals surface area contributed by atoms with E-state index in [4.69, 9.17) is 9.47 Å². The monoisotopic (exact) mass is 239 g/mol. The van der Waals surface area contributed by atoms with Crippen molar-refractivity contribution in [3.8, 4) is 0 Å². The van der Waals surface area contributed by atoms with Crippen LogP contribution in [0.15, 0.2) is 0 Å². The summed E-state index contributed by atoms with van der Waals surface area (Å²) in [7, 11) is 0. The smallest absolute Gasteiger partial charge is 0.124 e. The first kappa shape index (κ1) is 11.9. The van der Waals surface area contributed by atoms with Gasteiger partial charge in [0.25, 0.3) is 0 Å². The van der Waals surface area contributed by atoms with Crippen LogP contribution in [-0.4, -0.2) is 35.1 Å². The minimum Gasteiger partial charge on any atom is -0.358 e. The molecule has 2 unspecified atom stereocenters. The maximum absolute atomic E-state index is 6.29. The number of hydrogen-bond donors (Lipinski definition) is 0. The summed E-state index contributed by atoms with van der Waals surface area (Å²) in [5.74, 6) is 0.586. The average molecular weight is 239 g/mol. The van der Waals surface area contributed by atoms with Crippen molar-refractivity contribution < 1.29 is 9.47 Å². The van der Waals surface area contributed by atoms with Gasteiger partial charge in [0, 0.05) is 0 Å². The second kappa shape index (κ2) is 3.46. The van der Waals surface area contributed by atoms with E-state index in [1.165, 1.54) is 0 Å². The number of rotatable bonds is 3. The minimum absolute atomic E-state index is 0.0310. The molecule has 2 atom stereocenters. The fourth-order valence-corrected chi connectivity index (χ4v) is 4.23. The molecule has 0 aliphatic carbocycles. The summed E-state index contributed by atoms with van der Waals surface area (Å²) in [5, 5.41) is 0. The van der Waals surface area contributed by atoms with Gasteiger partial charge in [-0.2, -0.15) is 0 Å². The zero-order valence-electron chi connectivity index (χ0n) is 11.6. The molecule has 3 nitrogen and oxygen atoms in total. The first-order valence-electron chi connectivity index (χ1n) is 7.14. The molecule has 0 aromatic carbocycles. The van der Waals surface area contributed by atoms with Gasteiger partial charge in [-0.3, -0.25) is 0 Å². The van der Waals surface area contributed by atoms with Gasteiger partial charge in [-0.1, -0.05) is 27.7 Å². The van der Waals surface area contributed by atoms with Crippen molar-refractivity contribution in [1.29, 1.82) is 0 Å². The molecule has 3 fully saturated rings. The molecule has 3 aliphatic heterocycles. The number of nitrogens with zero attached hydrogens (tertiary/aromatic N) is 1. The van der Waals surface area contributed by atoms with Crippen molar-refractivity contribution in [3.05, 3.63) is 0 Å². The van der Waals surface area contributed by atoms with Crippen LogP contribution in [0.4, 0.5) is 0 Å². The summed E-state index contributed by atoms with van der Waals surface area (Å²) in [6, 6.07) is 0. The van der Waals surface area contributed by atoms with Crippen molar-refractivity contribution in [2.24, 2.45) is 5.92 Å². The van der Waals surface area contributed by atoms with Crippen LogP contribution in [0, 0.1) is 5.92 Å². The van der Waals surface area contributed by atoms with Crippen LogP contribution in [0.2, 0.25) is 0 Å². The molecule has 0 amide bonds. The molecule has 3 heterocycles. The summed E-state index contributed by atoms with van der Waals surface area (Å²) in [6.45, 7) is 10.8. The summed E-state index contributed by atoms with van der Waals surface area (Å²) in [5.41, 5.74) is 0.0656. The third-order valence-corrected chi connectivity index (χ3v) is 5.53. The first-order valence-corrected chi connectivity index (χ1v) is 7.14. The number of hydrogen-bond acceptors (Lipinski definition) is 3. The lowest BCUT2D eigenvalue weighted by molar-refractivity contribution is -0.146. The standard InChI is InChI=1S/C14H25NO2/c1-5-13-7-8-14(6-2)15(13)12(9-16-13,10-17-14)11(3)4/h11H,5-10H2,1-4H3. The van der Waals surface area contributed by atoms with Gasteiger partial charge in [0.05, 0.1) is 18.8 Å². The molecule has 3 heteroatoms. The Morgan fingerprint density at radius 1 is 1.00 bits per heavy atom. The van der Waals surface area contributed by atoms with Crippen molar-refractivity contribution in [1.82, 2.24) is 4.90 Å². The molecule has 0 saturated carbocycles. The van der Waals surface area contributed by atoms with Gasteiger partial charge < -0.3 is 9.47 Å². The van der Waals surface area contributed by atoms with Crippen LogP contribution >= 0.6 is 0 Å². The van der Waals surface area contributed by atoms with Crippen molar-refractivity contribution in [3.63, 3.8) is 0 Å². The SMILES string of the molecule is CCC12CCC3(CC)OCC(C(C)C)(CO1)N23. The summed E-state index contributed by atoms with van der Waals surface area (Å²) in [4.78, 5) is 2.64. The normalized spacial score (nSPS) is 49.2. The molecule has 98 valence electrons. The van der Waals surface area contributed by atoms with E-state index >= 15 is 0 Å². The summed E-state index contributed by atoms with van der Waals surface area (Å²) < 4.78 is 12.6. The molecule has 0 radical (unpaired) electrons. The Balaban J connectivity index is 2.08. The summed E-state index contributed by atoms with van der Waals surface area (Å²) >= 11 is 0. The van der Waals surface area contributed by atoms with E-state index in [1.54, 1.807) is 0 Å². The van der Waals surface area contributed by atoms with Crippen molar-refractivity contribution in [2.45, 2.75) is 70.4 Å². The zero-order chi connectivity index (χ0) is 12.3. The minimum atomic E-state index is -0.0310. The molecule has 3 saturated heterocycles. The quantitative estimate of drug-likeness (QED) is 0.756. The largest absolute Gasteiger partial charge is 0.358 e. The van der Waals surface area contributed by atoms with Gasteiger partial charge >= 0.3 is 0 Å². The highest BCUT2D eigenvalue weighted by atomic mass is 16.6. The van der Waals surface area contributed by atoms with E-state index in [-0.39, 0.29) is 17.0 Å². The number of ether oxygens (including phenoxy) is 2. The maximum Gasteiger partial charge on any atom is 0.124 e. The average Bonchev–Trinajstić information content (AvgIpc) is 2.94. The van der Waals surface area contributed by atoms with Crippen LogP contribution in [0.25, 0.3) is 0 Å². The lowest BCUT2D eigenvalue weighted by Gasteiger charge is -2.42. The Morgan fingerprint density at radius 2 is 1.47 bits per heavy atom. The Morgan fingerprint density at radius 3 is 1.82 bits per heavy atom. The van der Waals surface area contributed by atoms with Crippen LogP contribution in [0.5, 0.6) is 0 Å². The predicted octanol–water partition coefficient (Wildman–Crippen LogP) is 2.75. The molecule has 0 aromatic rings.